The van der Waals surface area contributed by atoms with E-state index in [4.69, 9.17) is 4.74 Å². The Morgan fingerprint density at radius 1 is 1.53 bits per heavy atom. The third kappa shape index (κ3) is 3.44. The molecule has 0 aromatic carbocycles. The van der Waals surface area contributed by atoms with Crippen molar-refractivity contribution in [2.24, 2.45) is 5.92 Å². The largest absolute Gasteiger partial charge is 0.392 e. The topological polar surface area (TPSA) is 41.5 Å². The van der Waals surface area contributed by atoms with Crippen LogP contribution >= 0.6 is 0 Å². The SMILES string of the molecule is CCC(NC(C)(C)C(C)O)C1CCOC1. The molecule has 1 fully saturated rings. The van der Waals surface area contributed by atoms with Crippen molar-refractivity contribution < 1.29 is 9.84 Å². The summed E-state index contributed by atoms with van der Waals surface area (Å²) in [7, 11) is 0. The predicted octanol–water partition coefficient (Wildman–Crippen LogP) is 1.55. The van der Waals surface area contributed by atoms with Crippen molar-refractivity contribution in [3.63, 3.8) is 0 Å². The van der Waals surface area contributed by atoms with Gasteiger partial charge in [-0.15, -0.1) is 0 Å². The van der Waals surface area contributed by atoms with Gasteiger partial charge < -0.3 is 15.2 Å². The van der Waals surface area contributed by atoms with Gasteiger partial charge >= 0.3 is 0 Å². The van der Waals surface area contributed by atoms with Crippen molar-refractivity contribution in [1.29, 1.82) is 0 Å². The maximum atomic E-state index is 9.67. The van der Waals surface area contributed by atoms with Gasteiger partial charge in [0.25, 0.3) is 0 Å². The highest BCUT2D eigenvalue weighted by Gasteiger charge is 2.31. The summed E-state index contributed by atoms with van der Waals surface area (Å²) in [6, 6.07) is 0.456. The van der Waals surface area contributed by atoms with E-state index in [1.807, 2.05) is 6.92 Å². The maximum absolute atomic E-state index is 9.67. The number of hydrogen-bond donors (Lipinski definition) is 2. The van der Waals surface area contributed by atoms with E-state index in [0.29, 0.717) is 12.0 Å². The van der Waals surface area contributed by atoms with E-state index in [9.17, 15) is 5.11 Å². The molecule has 1 heterocycles. The van der Waals surface area contributed by atoms with Gasteiger partial charge in [-0.3, -0.25) is 0 Å². The van der Waals surface area contributed by atoms with Crippen LogP contribution in [-0.4, -0.2) is 36.0 Å². The molecule has 0 spiro atoms. The van der Waals surface area contributed by atoms with Crippen molar-refractivity contribution in [2.45, 2.75) is 58.2 Å². The summed E-state index contributed by atoms with van der Waals surface area (Å²) in [5, 5.41) is 13.2. The predicted molar refractivity (Wildman–Crippen MR) is 61.9 cm³/mol. The van der Waals surface area contributed by atoms with Crippen molar-refractivity contribution in [2.75, 3.05) is 13.2 Å². The van der Waals surface area contributed by atoms with Crippen LogP contribution in [0.4, 0.5) is 0 Å². The molecular formula is C12H25NO2. The highest BCUT2D eigenvalue weighted by atomic mass is 16.5. The van der Waals surface area contributed by atoms with Crippen LogP contribution in [0.3, 0.4) is 0 Å². The molecule has 3 heteroatoms. The van der Waals surface area contributed by atoms with Gasteiger partial charge in [-0.1, -0.05) is 6.92 Å². The Bertz CT molecular complexity index is 186. The molecule has 90 valence electrons. The minimum atomic E-state index is -0.339. The third-order valence-electron chi connectivity index (χ3n) is 3.58. The standard InChI is InChI=1S/C12H25NO2/c1-5-11(10-6-7-15-8-10)13-12(3,4)9(2)14/h9-11,13-14H,5-8H2,1-4H3. The molecule has 0 aromatic rings. The lowest BCUT2D eigenvalue weighted by molar-refractivity contribution is 0.0772. The Labute approximate surface area is 93.2 Å². The molecule has 0 aliphatic carbocycles. The van der Waals surface area contributed by atoms with Gasteiger partial charge in [0.1, 0.15) is 0 Å². The molecule has 15 heavy (non-hydrogen) atoms. The van der Waals surface area contributed by atoms with Crippen LogP contribution in [0.15, 0.2) is 0 Å². The van der Waals surface area contributed by atoms with E-state index < -0.39 is 0 Å². The van der Waals surface area contributed by atoms with Crippen LogP contribution in [0.5, 0.6) is 0 Å². The van der Waals surface area contributed by atoms with E-state index in [1.165, 1.54) is 0 Å². The second kappa shape index (κ2) is 5.28. The Morgan fingerprint density at radius 2 is 2.20 bits per heavy atom. The first-order valence-electron chi connectivity index (χ1n) is 6.01. The van der Waals surface area contributed by atoms with Crippen molar-refractivity contribution in [3.8, 4) is 0 Å². The molecule has 1 rings (SSSR count). The van der Waals surface area contributed by atoms with Gasteiger partial charge in [-0.05, 0) is 39.5 Å². The average molecular weight is 215 g/mol. The van der Waals surface area contributed by atoms with Gasteiger partial charge in [0.05, 0.1) is 12.7 Å². The van der Waals surface area contributed by atoms with Gasteiger partial charge in [0.2, 0.25) is 0 Å². The summed E-state index contributed by atoms with van der Waals surface area (Å²) < 4.78 is 5.41. The lowest BCUT2D eigenvalue weighted by atomic mass is 9.91. The number of rotatable bonds is 5. The van der Waals surface area contributed by atoms with Gasteiger partial charge in [0, 0.05) is 18.2 Å². The lowest BCUT2D eigenvalue weighted by Gasteiger charge is -2.36. The zero-order valence-electron chi connectivity index (χ0n) is 10.4. The summed E-state index contributed by atoms with van der Waals surface area (Å²) in [6.45, 7) is 9.88. The number of ether oxygens (including phenoxy) is 1. The number of aliphatic hydroxyl groups excluding tert-OH is 1. The van der Waals surface area contributed by atoms with Crippen LogP contribution in [0.2, 0.25) is 0 Å². The van der Waals surface area contributed by atoms with Gasteiger partial charge in [0.15, 0.2) is 0 Å². The van der Waals surface area contributed by atoms with Crippen molar-refractivity contribution in [3.05, 3.63) is 0 Å². The molecule has 0 saturated carbocycles. The van der Waals surface area contributed by atoms with Crippen molar-refractivity contribution >= 4 is 0 Å². The molecule has 1 aliphatic rings. The van der Waals surface area contributed by atoms with E-state index in [-0.39, 0.29) is 11.6 Å². The highest BCUT2D eigenvalue weighted by molar-refractivity contribution is 4.89. The minimum Gasteiger partial charge on any atom is -0.392 e. The summed E-state index contributed by atoms with van der Waals surface area (Å²) in [5.74, 6) is 0.605. The van der Waals surface area contributed by atoms with Crippen LogP contribution in [0.1, 0.15) is 40.5 Å². The molecule has 3 nitrogen and oxygen atoms in total. The first-order valence-corrected chi connectivity index (χ1v) is 6.01. The van der Waals surface area contributed by atoms with E-state index >= 15 is 0 Å². The molecule has 0 radical (unpaired) electrons. The number of hydrogen-bond acceptors (Lipinski definition) is 3. The Kier molecular flexibility index (Phi) is 4.56. The monoisotopic (exact) mass is 215 g/mol. The Morgan fingerprint density at radius 3 is 2.60 bits per heavy atom. The zero-order valence-corrected chi connectivity index (χ0v) is 10.4. The first kappa shape index (κ1) is 12.9. The Hall–Kier alpha value is -0.120. The summed E-state index contributed by atoms with van der Waals surface area (Å²) in [5.41, 5.74) is -0.219. The van der Waals surface area contributed by atoms with E-state index in [1.54, 1.807) is 0 Å². The van der Waals surface area contributed by atoms with Crippen LogP contribution in [0.25, 0.3) is 0 Å². The maximum Gasteiger partial charge on any atom is 0.0688 e. The normalized spacial score (nSPS) is 26.6. The fourth-order valence-electron chi connectivity index (χ4n) is 2.02. The smallest absolute Gasteiger partial charge is 0.0688 e. The molecule has 0 amide bonds. The summed E-state index contributed by atoms with van der Waals surface area (Å²) in [4.78, 5) is 0. The first-order chi connectivity index (χ1) is 6.97. The zero-order chi connectivity index (χ0) is 11.5. The molecule has 2 N–H and O–H groups in total. The third-order valence-corrected chi connectivity index (χ3v) is 3.58. The summed E-state index contributed by atoms with van der Waals surface area (Å²) >= 11 is 0. The lowest BCUT2D eigenvalue weighted by Crippen LogP contribution is -2.54. The number of aliphatic hydroxyl groups is 1. The minimum absolute atomic E-state index is 0.219. The molecule has 0 aromatic heterocycles. The molecule has 0 bridgehead atoms. The van der Waals surface area contributed by atoms with Gasteiger partial charge in [-0.2, -0.15) is 0 Å². The quantitative estimate of drug-likeness (QED) is 0.731. The fourth-order valence-corrected chi connectivity index (χ4v) is 2.02. The van der Waals surface area contributed by atoms with E-state index in [0.717, 1.165) is 26.1 Å². The fraction of sp³-hybridized carbons (Fsp3) is 1.00. The van der Waals surface area contributed by atoms with Crippen LogP contribution in [-0.2, 0) is 4.74 Å². The van der Waals surface area contributed by atoms with Crippen molar-refractivity contribution in [1.82, 2.24) is 5.32 Å². The molecule has 3 atom stereocenters. The second-order valence-corrected chi connectivity index (χ2v) is 5.18. The summed E-state index contributed by atoms with van der Waals surface area (Å²) in [6.07, 6.45) is 1.89. The van der Waals surface area contributed by atoms with Crippen LogP contribution in [0, 0.1) is 5.92 Å². The molecule has 3 unspecified atom stereocenters. The van der Waals surface area contributed by atoms with E-state index in [2.05, 4.69) is 26.1 Å². The molecule has 1 aliphatic heterocycles. The Balaban J connectivity index is 2.52. The highest BCUT2D eigenvalue weighted by Crippen LogP contribution is 2.22. The van der Waals surface area contributed by atoms with Crippen LogP contribution < -0.4 is 5.32 Å². The molecular weight excluding hydrogens is 190 g/mol. The second-order valence-electron chi connectivity index (χ2n) is 5.18. The molecule has 1 saturated heterocycles. The van der Waals surface area contributed by atoms with Gasteiger partial charge in [-0.25, -0.2) is 0 Å². The number of nitrogens with one attached hydrogen (secondary N) is 1. The average Bonchev–Trinajstić information content (AvgIpc) is 2.66.